The quantitative estimate of drug-likeness (QED) is 0.809. The molecule has 2 atom stereocenters. The van der Waals surface area contributed by atoms with Crippen LogP contribution in [0.2, 0.25) is 5.15 Å². The first kappa shape index (κ1) is 13.2. The van der Waals surface area contributed by atoms with E-state index in [1.807, 2.05) is 0 Å². The van der Waals surface area contributed by atoms with E-state index in [9.17, 15) is 14.3 Å². The molecule has 1 saturated carbocycles. The number of hydrogen-bond acceptors (Lipinski definition) is 3. The number of nitrogens with one attached hydrogen (secondary N) is 1. The van der Waals surface area contributed by atoms with Crippen LogP contribution in [0.5, 0.6) is 0 Å². The lowest BCUT2D eigenvalue weighted by molar-refractivity contribution is 0.0717. The maximum absolute atomic E-state index is 13.0. The Labute approximate surface area is 109 Å². The van der Waals surface area contributed by atoms with Crippen molar-refractivity contribution in [3.63, 3.8) is 0 Å². The molecule has 1 aliphatic rings. The van der Waals surface area contributed by atoms with Gasteiger partial charge in [0.2, 0.25) is 0 Å². The van der Waals surface area contributed by atoms with E-state index in [1.54, 1.807) is 0 Å². The van der Waals surface area contributed by atoms with E-state index in [2.05, 4.69) is 10.3 Å². The Morgan fingerprint density at radius 3 is 2.94 bits per heavy atom. The SMILES string of the molecule is O=C(N[C@H]1CCCC[C@@H]1O)c1cc(F)cnc1Cl. The number of carbonyl (C=O) groups is 1. The van der Waals surface area contributed by atoms with E-state index in [4.69, 9.17) is 11.6 Å². The largest absolute Gasteiger partial charge is 0.391 e. The van der Waals surface area contributed by atoms with Gasteiger partial charge in [0.25, 0.3) is 5.91 Å². The van der Waals surface area contributed by atoms with Crippen LogP contribution >= 0.6 is 11.6 Å². The van der Waals surface area contributed by atoms with E-state index in [0.717, 1.165) is 25.1 Å². The Hall–Kier alpha value is -1.20. The summed E-state index contributed by atoms with van der Waals surface area (Å²) in [6.45, 7) is 0. The Morgan fingerprint density at radius 1 is 1.50 bits per heavy atom. The van der Waals surface area contributed by atoms with Crippen molar-refractivity contribution < 1.29 is 14.3 Å². The van der Waals surface area contributed by atoms with Crippen LogP contribution in [0.1, 0.15) is 36.0 Å². The van der Waals surface area contributed by atoms with E-state index in [-0.39, 0.29) is 16.8 Å². The van der Waals surface area contributed by atoms with Crippen molar-refractivity contribution in [3.05, 3.63) is 28.8 Å². The second kappa shape index (κ2) is 5.63. The van der Waals surface area contributed by atoms with E-state index in [1.165, 1.54) is 0 Å². The van der Waals surface area contributed by atoms with Crippen molar-refractivity contribution >= 4 is 17.5 Å². The average molecular weight is 273 g/mol. The Balaban J connectivity index is 2.09. The zero-order valence-corrected chi connectivity index (χ0v) is 10.5. The van der Waals surface area contributed by atoms with Crippen LogP contribution in [0.4, 0.5) is 4.39 Å². The fourth-order valence-electron chi connectivity index (χ4n) is 2.11. The van der Waals surface area contributed by atoms with Gasteiger partial charge in [-0.05, 0) is 18.9 Å². The minimum absolute atomic E-state index is 0.00515. The lowest BCUT2D eigenvalue weighted by Crippen LogP contribution is -2.45. The Morgan fingerprint density at radius 2 is 2.22 bits per heavy atom. The molecule has 18 heavy (non-hydrogen) atoms. The fraction of sp³-hybridized carbons (Fsp3) is 0.500. The summed E-state index contributed by atoms with van der Waals surface area (Å²) in [5.74, 6) is -1.12. The fourth-order valence-corrected chi connectivity index (χ4v) is 2.30. The molecule has 1 aromatic rings. The van der Waals surface area contributed by atoms with E-state index < -0.39 is 17.8 Å². The summed E-state index contributed by atoms with van der Waals surface area (Å²) in [5, 5.41) is 12.4. The molecule has 2 N–H and O–H groups in total. The summed E-state index contributed by atoms with van der Waals surface area (Å²) in [5.41, 5.74) is -0.00515. The standard InChI is InChI=1S/C12H14ClFN2O2/c13-11-8(5-7(14)6-15-11)12(18)16-9-3-1-2-4-10(9)17/h5-6,9-10,17H,1-4H2,(H,16,18)/t9-,10-/m0/s1. The van der Waals surface area contributed by atoms with Gasteiger partial charge in [0, 0.05) is 0 Å². The van der Waals surface area contributed by atoms with Gasteiger partial charge in [-0.2, -0.15) is 0 Å². The number of nitrogens with zero attached hydrogens (tertiary/aromatic N) is 1. The van der Waals surface area contributed by atoms with Gasteiger partial charge in [-0.3, -0.25) is 4.79 Å². The van der Waals surface area contributed by atoms with Crippen LogP contribution in [0.3, 0.4) is 0 Å². The lowest BCUT2D eigenvalue weighted by atomic mass is 9.92. The normalized spacial score (nSPS) is 23.7. The van der Waals surface area contributed by atoms with E-state index >= 15 is 0 Å². The summed E-state index contributed by atoms with van der Waals surface area (Å²) in [6.07, 6.45) is 3.69. The van der Waals surface area contributed by atoms with Gasteiger partial charge in [-0.1, -0.05) is 24.4 Å². The first-order valence-corrected chi connectivity index (χ1v) is 6.25. The molecule has 0 spiro atoms. The first-order chi connectivity index (χ1) is 8.58. The number of hydrogen-bond donors (Lipinski definition) is 2. The monoisotopic (exact) mass is 272 g/mol. The number of aromatic nitrogens is 1. The van der Waals surface area contributed by atoms with Gasteiger partial charge in [-0.25, -0.2) is 9.37 Å². The van der Waals surface area contributed by atoms with Gasteiger partial charge >= 0.3 is 0 Å². The van der Waals surface area contributed by atoms with Crippen molar-refractivity contribution in [3.8, 4) is 0 Å². The molecule has 0 unspecified atom stereocenters. The number of rotatable bonds is 2. The van der Waals surface area contributed by atoms with Crippen LogP contribution < -0.4 is 5.32 Å². The number of aliphatic hydroxyl groups excluding tert-OH is 1. The topological polar surface area (TPSA) is 62.2 Å². The number of amides is 1. The molecule has 1 amide bonds. The molecule has 0 aliphatic heterocycles. The second-order valence-electron chi connectivity index (χ2n) is 4.42. The second-order valence-corrected chi connectivity index (χ2v) is 4.78. The third-order valence-corrected chi connectivity index (χ3v) is 3.40. The van der Waals surface area contributed by atoms with Crippen molar-refractivity contribution in [2.75, 3.05) is 0 Å². The van der Waals surface area contributed by atoms with E-state index in [0.29, 0.717) is 12.8 Å². The van der Waals surface area contributed by atoms with Crippen LogP contribution in [0, 0.1) is 5.82 Å². The highest BCUT2D eigenvalue weighted by atomic mass is 35.5. The molecular formula is C12H14ClFN2O2. The third kappa shape index (κ3) is 2.97. The van der Waals surface area contributed by atoms with Crippen molar-refractivity contribution in [2.45, 2.75) is 37.8 Å². The van der Waals surface area contributed by atoms with Crippen molar-refractivity contribution in [1.82, 2.24) is 10.3 Å². The number of pyridine rings is 1. The summed E-state index contributed by atoms with van der Waals surface area (Å²) < 4.78 is 13.0. The molecule has 2 rings (SSSR count). The molecule has 0 radical (unpaired) electrons. The number of carbonyl (C=O) groups excluding carboxylic acids is 1. The maximum atomic E-state index is 13.0. The predicted molar refractivity (Wildman–Crippen MR) is 64.9 cm³/mol. The summed E-state index contributed by atoms with van der Waals surface area (Å²) in [7, 11) is 0. The zero-order chi connectivity index (χ0) is 13.1. The minimum Gasteiger partial charge on any atom is -0.391 e. The molecule has 1 aromatic heterocycles. The highest BCUT2D eigenvalue weighted by Gasteiger charge is 2.25. The van der Waals surface area contributed by atoms with Gasteiger partial charge in [0.05, 0.1) is 23.9 Å². The molecule has 0 saturated heterocycles. The number of aliphatic hydroxyl groups is 1. The molecule has 6 heteroatoms. The van der Waals surface area contributed by atoms with Gasteiger partial charge < -0.3 is 10.4 Å². The van der Waals surface area contributed by atoms with Crippen LogP contribution in [0.25, 0.3) is 0 Å². The molecule has 0 aromatic carbocycles. The van der Waals surface area contributed by atoms with Crippen LogP contribution in [0.15, 0.2) is 12.3 Å². The highest BCUT2D eigenvalue weighted by Crippen LogP contribution is 2.20. The van der Waals surface area contributed by atoms with Crippen molar-refractivity contribution in [2.24, 2.45) is 0 Å². The first-order valence-electron chi connectivity index (χ1n) is 5.88. The van der Waals surface area contributed by atoms with Gasteiger partial charge in [0.15, 0.2) is 0 Å². The molecule has 98 valence electrons. The van der Waals surface area contributed by atoms with Crippen molar-refractivity contribution in [1.29, 1.82) is 0 Å². The number of halogens is 2. The highest BCUT2D eigenvalue weighted by molar-refractivity contribution is 6.32. The minimum atomic E-state index is -0.617. The summed E-state index contributed by atoms with van der Waals surface area (Å²) in [4.78, 5) is 15.5. The van der Waals surface area contributed by atoms with Gasteiger partial charge in [0.1, 0.15) is 11.0 Å². The molecule has 1 fully saturated rings. The molecular weight excluding hydrogens is 259 g/mol. The predicted octanol–water partition coefficient (Wildman–Crippen LogP) is 1.91. The zero-order valence-electron chi connectivity index (χ0n) is 9.70. The smallest absolute Gasteiger partial charge is 0.254 e. The molecule has 0 bridgehead atoms. The summed E-state index contributed by atoms with van der Waals surface area (Å²) in [6, 6.07) is 0.741. The third-order valence-electron chi connectivity index (χ3n) is 3.10. The Bertz CT molecular complexity index is 456. The average Bonchev–Trinajstić information content (AvgIpc) is 2.35. The lowest BCUT2D eigenvalue weighted by Gasteiger charge is -2.28. The van der Waals surface area contributed by atoms with Gasteiger partial charge in [-0.15, -0.1) is 0 Å². The van der Waals surface area contributed by atoms with Crippen LogP contribution in [-0.2, 0) is 0 Å². The maximum Gasteiger partial charge on any atom is 0.254 e. The molecule has 4 nitrogen and oxygen atoms in total. The van der Waals surface area contributed by atoms with Crippen LogP contribution in [-0.4, -0.2) is 28.1 Å². The Kier molecular flexibility index (Phi) is 4.14. The summed E-state index contributed by atoms with van der Waals surface area (Å²) >= 11 is 5.74. The molecule has 1 aliphatic carbocycles. The molecule has 1 heterocycles.